The number of hydrogen-bond acceptors (Lipinski definition) is 2. The standard InChI is InChI=1S/C6H16N2/c1-3-4-5-6(2,7)8/h3-5,7-8H2,1-2H3. The van der Waals surface area contributed by atoms with Gasteiger partial charge in [0, 0.05) is 0 Å². The van der Waals surface area contributed by atoms with Gasteiger partial charge in [0.15, 0.2) is 0 Å². The lowest BCUT2D eigenvalue weighted by molar-refractivity contribution is 0.432. The molecule has 0 saturated carbocycles. The highest BCUT2D eigenvalue weighted by atomic mass is 14.9. The molecule has 0 unspecified atom stereocenters. The fourth-order valence-electron chi connectivity index (χ4n) is 0.558. The van der Waals surface area contributed by atoms with Gasteiger partial charge in [-0.05, 0) is 13.3 Å². The molecule has 0 aliphatic heterocycles. The van der Waals surface area contributed by atoms with Gasteiger partial charge in [0.25, 0.3) is 0 Å². The monoisotopic (exact) mass is 116 g/mol. The lowest BCUT2D eigenvalue weighted by Crippen LogP contribution is -2.45. The molecule has 0 aromatic carbocycles. The van der Waals surface area contributed by atoms with Crippen molar-refractivity contribution < 1.29 is 0 Å². The SMILES string of the molecule is CCCCC(C)(N)N. The predicted octanol–water partition coefficient (Wildman–Crippen LogP) is 0.810. The van der Waals surface area contributed by atoms with Crippen LogP contribution in [0.1, 0.15) is 33.1 Å². The Kier molecular flexibility index (Phi) is 3.02. The van der Waals surface area contributed by atoms with Crippen LogP contribution in [0.2, 0.25) is 0 Å². The maximum Gasteiger partial charge on any atom is 0.0607 e. The van der Waals surface area contributed by atoms with Crippen molar-refractivity contribution >= 4 is 0 Å². The van der Waals surface area contributed by atoms with Crippen LogP contribution in [0, 0.1) is 0 Å². The molecular weight excluding hydrogens is 100 g/mol. The van der Waals surface area contributed by atoms with Gasteiger partial charge >= 0.3 is 0 Å². The lowest BCUT2D eigenvalue weighted by Gasteiger charge is -2.16. The number of rotatable bonds is 3. The molecule has 2 nitrogen and oxygen atoms in total. The van der Waals surface area contributed by atoms with Gasteiger partial charge < -0.3 is 11.5 Å². The topological polar surface area (TPSA) is 52.0 Å². The molecule has 0 aliphatic carbocycles. The predicted molar refractivity (Wildman–Crippen MR) is 36.3 cm³/mol. The Labute approximate surface area is 51.2 Å². The summed E-state index contributed by atoms with van der Waals surface area (Å²) in [6.07, 6.45) is 3.22. The number of nitrogens with two attached hydrogens (primary N) is 2. The molecule has 0 aliphatic rings. The maximum atomic E-state index is 5.50. The number of hydrogen-bond donors (Lipinski definition) is 2. The zero-order valence-corrected chi connectivity index (χ0v) is 5.78. The van der Waals surface area contributed by atoms with Gasteiger partial charge in [-0.3, -0.25) is 0 Å². The van der Waals surface area contributed by atoms with Crippen molar-refractivity contribution in [1.82, 2.24) is 0 Å². The van der Waals surface area contributed by atoms with Crippen LogP contribution in [0.5, 0.6) is 0 Å². The van der Waals surface area contributed by atoms with Gasteiger partial charge in [-0.25, -0.2) is 0 Å². The highest BCUT2D eigenvalue weighted by Gasteiger charge is 2.07. The molecule has 8 heavy (non-hydrogen) atoms. The van der Waals surface area contributed by atoms with Crippen LogP contribution in [0.4, 0.5) is 0 Å². The summed E-state index contributed by atoms with van der Waals surface area (Å²) in [5.74, 6) is 0. The second-order valence-electron chi connectivity index (χ2n) is 2.61. The summed E-state index contributed by atoms with van der Waals surface area (Å²) in [4.78, 5) is 0. The van der Waals surface area contributed by atoms with Gasteiger partial charge in [-0.2, -0.15) is 0 Å². The van der Waals surface area contributed by atoms with Crippen molar-refractivity contribution in [1.29, 1.82) is 0 Å². The Morgan fingerprint density at radius 3 is 2.00 bits per heavy atom. The van der Waals surface area contributed by atoms with E-state index in [0.29, 0.717) is 0 Å². The van der Waals surface area contributed by atoms with E-state index >= 15 is 0 Å². The van der Waals surface area contributed by atoms with Gasteiger partial charge in [0.05, 0.1) is 5.66 Å². The third kappa shape index (κ3) is 5.92. The highest BCUT2D eigenvalue weighted by molar-refractivity contribution is 4.68. The minimum atomic E-state index is -0.448. The van der Waals surface area contributed by atoms with E-state index in [1.807, 2.05) is 6.92 Å². The van der Waals surface area contributed by atoms with E-state index in [-0.39, 0.29) is 0 Å². The molecule has 2 heteroatoms. The van der Waals surface area contributed by atoms with E-state index < -0.39 is 5.66 Å². The summed E-state index contributed by atoms with van der Waals surface area (Å²) in [5, 5.41) is 0. The van der Waals surface area contributed by atoms with Crippen LogP contribution in [0.15, 0.2) is 0 Å². The van der Waals surface area contributed by atoms with Crippen molar-refractivity contribution in [2.24, 2.45) is 11.5 Å². The molecule has 50 valence electrons. The normalized spacial score (nSPS) is 12.0. The summed E-state index contributed by atoms with van der Waals surface area (Å²) in [7, 11) is 0. The van der Waals surface area contributed by atoms with Crippen molar-refractivity contribution in [2.45, 2.75) is 38.8 Å². The first-order valence-electron chi connectivity index (χ1n) is 3.14. The molecule has 0 saturated heterocycles. The van der Waals surface area contributed by atoms with E-state index in [2.05, 4.69) is 6.92 Å². The molecule has 0 atom stereocenters. The highest BCUT2D eigenvalue weighted by Crippen LogP contribution is 2.02. The fourth-order valence-corrected chi connectivity index (χ4v) is 0.558. The third-order valence-electron chi connectivity index (χ3n) is 1.07. The second kappa shape index (κ2) is 3.05. The first kappa shape index (κ1) is 7.92. The van der Waals surface area contributed by atoms with Crippen LogP contribution >= 0.6 is 0 Å². The largest absolute Gasteiger partial charge is 0.314 e. The molecule has 0 aromatic rings. The molecule has 0 rings (SSSR count). The summed E-state index contributed by atoms with van der Waals surface area (Å²) < 4.78 is 0. The Bertz CT molecular complexity index is 54.0. The molecule has 0 bridgehead atoms. The fraction of sp³-hybridized carbons (Fsp3) is 1.00. The zero-order valence-electron chi connectivity index (χ0n) is 5.78. The van der Waals surface area contributed by atoms with Crippen LogP contribution in [0.25, 0.3) is 0 Å². The quantitative estimate of drug-likeness (QED) is 0.536. The van der Waals surface area contributed by atoms with Gasteiger partial charge in [-0.1, -0.05) is 19.8 Å². The molecular formula is C6H16N2. The van der Waals surface area contributed by atoms with Crippen molar-refractivity contribution in [3.05, 3.63) is 0 Å². The Morgan fingerprint density at radius 2 is 1.88 bits per heavy atom. The van der Waals surface area contributed by atoms with E-state index in [0.717, 1.165) is 12.8 Å². The summed E-state index contributed by atoms with van der Waals surface area (Å²) in [5.41, 5.74) is 10.6. The second-order valence-corrected chi connectivity index (χ2v) is 2.61. The van der Waals surface area contributed by atoms with E-state index in [1.54, 1.807) is 0 Å². The third-order valence-corrected chi connectivity index (χ3v) is 1.07. The molecule has 0 fully saturated rings. The van der Waals surface area contributed by atoms with Crippen LogP contribution in [-0.4, -0.2) is 5.66 Å². The molecule has 0 spiro atoms. The Morgan fingerprint density at radius 1 is 1.38 bits per heavy atom. The average Bonchev–Trinajstić information content (AvgIpc) is 1.59. The summed E-state index contributed by atoms with van der Waals surface area (Å²) in [6, 6.07) is 0. The van der Waals surface area contributed by atoms with E-state index in [1.165, 1.54) is 6.42 Å². The van der Waals surface area contributed by atoms with Gasteiger partial charge in [0.1, 0.15) is 0 Å². The number of unbranched alkanes of at least 4 members (excludes halogenated alkanes) is 1. The minimum Gasteiger partial charge on any atom is -0.314 e. The van der Waals surface area contributed by atoms with Gasteiger partial charge in [-0.15, -0.1) is 0 Å². The smallest absolute Gasteiger partial charge is 0.0607 e. The first-order chi connectivity index (χ1) is 3.56. The zero-order chi connectivity index (χ0) is 6.62. The van der Waals surface area contributed by atoms with Crippen LogP contribution in [-0.2, 0) is 0 Å². The first-order valence-corrected chi connectivity index (χ1v) is 3.14. The molecule has 0 radical (unpaired) electrons. The minimum absolute atomic E-state index is 0.448. The lowest BCUT2D eigenvalue weighted by atomic mass is 10.1. The van der Waals surface area contributed by atoms with E-state index in [9.17, 15) is 0 Å². The van der Waals surface area contributed by atoms with Crippen molar-refractivity contribution in [3.63, 3.8) is 0 Å². The summed E-state index contributed by atoms with van der Waals surface area (Å²) >= 11 is 0. The molecule has 0 heterocycles. The van der Waals surface area contributed by atoms with E-state index in [4.69, 9.17) is 11.5 Å². The molecule has 4 N–H and O–H groups in total. The van der Waals surface area contributed by atoms with Crippen LogP contribution < -0.4 is 11.5 Å². The van der Waals surface area contributed by atoms with Crippen molar-refractivity contribution in [3.8, 4) is 0 Å². The Hall–Kier alpha value is -0.0800. The van der Waals surface area contributed by atoms with Crippen LogP contribution in [0.3, 0.4) is 0 Å². The average molecular weight is 116 g/mol. The maximum absolute atomic E-state index is 5.50. The molecule has 0 amide bonds. The van der Waals surface area contributed by atoms with Gasteiger partial charge in [0.2, 0.25) is 0 Å². The Balaban J connectivity index is 3.11. The molecule has 0 aromatic heterocycles. The summed E-state index contributed by atoms with van der Waals surface area (Å²) in [6.45, 7) is 3.98. The van der Waals surface area contributed by atoms with Crippen molar-refractivity contribution in [2.75, 3.05) is 0 Å².